The first kappa shape index (κ1) is 14.7. The number of amides is 1. The number of hydrogen-bond donors (Lipinski definition) is 1. The van der Waals surface area contributed by atoms with Crippen molar-refractivity contribution in [2.45, 2.75) is 24.8 Å². The first-order chi connectivity index (χ1) is 9.52. The predicted octanol–water partition coefficient (Wildman–Crippen LogP) is 1.61. The molecule has 1 saturated heterocycles. The fourth-order valence-electron chi connectivity index (χ4n) is 2.22. The SMILES string of the molecule is COc1ccc(CC(=O)N2C(C)SCC2C(=O)O)cc1. The van der Waals surface area contributed by atoms with Crippen molar-refractivity contribution in [3.63, 3.8) is 0 Å². The molecule has 0 aliphatic carbocycles. The summed E-state index contributed by atoms with van der Waals surface area (Å²) in [5.74, 6) is 0.0879. The van der Waals surface area contributed by atoms with Crippen LogP contribution in [0.15, 0.2) is 24.3 Å². The summed E-state index contributed by atoms with van der Waals surface area (Å²) in [6.45, 7) is 1.86. The highest BCUT2D eigenvalue weighted by Gasteiger charge is 2.39. The van der Waals surface area contributed by atoms with Gasteiger partial charge in [0.1, 0.15) is 11.8 Å². The number of carboxylic acid groups (broad SMARTS) is 1. The highest BCUT2D eigenvalue weighted by atomic mass is 32.2. The topological polar surface area (TPSA) is 66.8 Å². The number of rotatable bonds is 4. The largest absolute Gasteiger partial charge is 0.497 e. The van der Waals surface area contributed by atoms with E-state index in [2.05, 4.69) is 0 Å². The van der Waals surface area contributed by atoms with Crippen LogP contribution in [0.3, 0.4) is 0 Å². The number of aliphatic carboxylic acids is 1. The van der Waals surface area contributed by atoms with Crippen LogP contribution in [-0.4, -0.2) is 46.2 Å². The van der Waals surface area contributed by atoms with Crippen LogP contribution in [0.25, 0.3) is 0 Å². The lowest BCUT2D eigenvalue weighted by Gasteiger charge is -2.25. The third-order valence-electron chi connectivity index (χ3n) is 3.31. The molecule has 0 saturated carbocycles. The molecule has 2 atom stereocenters. The van der Waals surface area contributed by atoms with Crippen molar-refractivity contribution in [3.8, 4) is 5.75 Å². The summed E-state index contributed by atoms with van der Waals surface area (Å²) >= 11 is 1.49. The zero-order valence-corrected chi connectivity index (χ0v) is 12.2. The Morgan fingerprint density at radius 3 is 2.60 bits per heavy atom. The standard InChI is InChI=1S/C14H17NO4S/c1-9-15(12(8-20-9)14(17)18)13(16)7-10-3-5-11(19-2)6-4-10/h3-6,9,12H,7-8H2,1-2H3,(H,17,18). The lowest BCUT2D eigenvalue weighted by Crippen LogP contribution is -2.45. The fourth-order valence-corrected chi connectivity index (χ4v) is 3.41. The lowest BCUT2D eigenvalue weighted by atomic mass is 10.1. The van der Waals surface area contributed by atoms with Crippen LogP contribution in [0.4, 0.5) is 0 Å². The quantitative estimate of drug-likeness (QED) is 0.914. The first-order valence-corrected chi connectivity index (χ1v) is 7.36. The van der Waals surface area contributed by atoms with Crippen molar-refractivity contribution >= 4 is 23.6 Å². The van der Waals surface area contributed by atoms with Gasteiger partial charge in [-0.3, -0.25) is 4.79 Å². The number of carbonyl (C=O) groups is 2. The number of hydrogen-bond acceptors (Lipinski definition) is 4. The van der Waals surface area contributed by atoms with Crippen LogP contribution >= 0.6 is 11.8 Å². The van der Waals surface area contributed by atoms with E-state index in [0.29, 0.717) is 5.75 Å². The van der Waals surface area contributed by atoms with E-state index in [-0.39, 0.29) is 17.7 Å². The van der Waals surface area contributed by atoms with Gasteiger partial charge >= 0.3 is 5.97 Å². The number of carbonyl (C=O) groups excluding carboxylic acids is 1. The van der Waals surface area contributed by atoms with Gasteiger partial charge in [-0.1, -0.05) is 12.1 Å². The molecule has 2 unspecified atom stereocenters. The molecule has 1 amide bonds. The summed E-state index contributed by atoms with van der Waals surface area (Å²) in [6.07, 6.45) is 0.207. The third-order valence-corrected chi connectivity index (χ3v) is 4.53. The van der Waals surface area contributed by atoms with E-state index in [1.165, 1.54) is 16.7 Å². The molecule has 0 spiro atoms. The second-order valence-corrected chi connectivity index (χ2v) is 5.96. The zero-order chi connectivity index (χ0) is 14.7. The maximum atomic E-state index is 12.3. The zero-order valence-electron chi connectivity index (χ0n) is 11.4. The molecule has 1 aliphatic rings. The Balaban J connectivity index is 2.08. The van der Waals surface area contributed by atoms with E-state index in [9.17, 15) is 9.59 Å². The Morgan fingerprint density at radius 1 is 1.40 bits per heavy atom. The summed E-state index contributed by atoms with van der Waals surface area (Å²) in [4.78, 5) is 25.0. The molecule has 1 aliphatic heterocycles. The Kier molecular flexibility index (Phi) is 4.54. The molecule has 1 aromatic rings. The monoisotopic (exact) mass is 295 g/mol. The van der Waals surface area contributed by atoms with Gasteiger partial charge in [-0.25, -0.2) is 4.79 Å². The van der Waals surface area contributed by atoms with Crippen LogP contribution < -0.4 is 4.74 Å². The maximum Gasteiger partial charge on any atom is 0.327 e. The minimum atomic E-state index is -0.940. The third kappa shape index (κ3) is 3.07. The molecule has 0 aromatic heterocycles. The van der Waals surface area contributed by atoms with E-state index in [0.717, 1.165) is 11.3 Å². The van der Waals surface area contributed by atoms with E-state index in [1.54, 1.807) is 19.2 Å². The Labute approximate surface area is 121 Å². The Bertz CT molecular complexity index is 502. The number of carboxylic acids is 1. The fraction of sp³-hybridized carbons (Fsp3) is 0.429. The normalized spacial score (nSPS) is 21.8. The van der Waals surface area contributed by atoms with Gasteiger partial charge in [-0.2, -0.15) is 0 Å². The summed E-state index contributed by atoms with van der Waals surface area (Å²) in [5, 5.41) is 9.07. The van der Waals surface area contributed by atoms with Crippen molar-refractivity contribution in [3.05, 3.63) is 29.8 Å². The van der Waals surface area contributed by atoms with Crippen molar-refractivity contribution in [1.29, 1.82) is 0 Å². The van der Waals surface area contributed by atoms with Crippen molar-refractivity contribution < 1.29 is 19.4 Å². The molecule has 6 heteroatoms. The van der Waals surface area contributed by atoms with Gasteiger partial charge in [0.2, 0.25) is 5.91 Å². The molecular weight excluding hydrogens is 278 g/mol. The van der Waals surface area contributed by atoms with Gasteiger partial charge < -0.3 is 14.7 Å². The molecule has 0 radical (unpaired) electrons. The maximum absolute atomic E-state index is 12.3. The van der Waals surface area contributed by atoms with Crippen LogP contribution in [-0.2, 0) is 16.0 Å². The number of nitrogens with zero attached hydrogens (tertiary/aromatic N) is 1. The minimum absolute atomic E-state index is 0.0955. The predicted molar refractivity (Wildman–Crippen MR) is 76.9 cm³/mol. The Morgan fingerprint density at radius 2 is 2.05 bits per heavy atom. The molecule has 0 bridgehead atoms. The van der Waals surface area contributed by atoms with E-state index in [1.807, 2.05) is 19.1 Å². The molecule has 2 rings (SSSR count). The Hall–Kier alpha value is -1.69. The van der Waals surface area contributed by atoms with Gasteiger partial charge in [0.05, 0.1) is 18.9 Å². The molecule has 1 fully saturated rings. The molecule has 1 aromatic carbocycles. The highest BCUT2D eigenvalue weighted by Crippen LogP contribution is 2.29. The van der Waals surface area contributed by atoms with Gasteiger partial charge in [0, 0.05) is 5.75 Å². The average molecular weight is 295 g/mol. The first-order valence-electron chi connectivity index (χ1n) is 6.31. The molecule has 1 N–H and O–H groups in total. The summed E-state index contributed by atoms with van der Waals surface area (Å²) < 4.78 is 5.06. The molecule has 108 valence electrons. The average Bonchev–Trinajstić information content (AvgIpc) is 2.81. The van der Waals surface area contributed by atoms with Crippen LogP contribution in [0.2, 0.25) is 0 Å². The minimum Gasteiger partial charge on any atom is -0.497 e. The van der Waals surface area contributed by atoms with Gasteiger partial charge in [-0.15, -0.1) is 11.8 Å². The highest BCUT2D eigenvalue weighted by molar-refractivity contribution is 8.00. The van der Waals surface area contributed by atoms with Gasteiger partial charge in [0.15, 0.2) is 0 Å². The number of benzene rings is 1. The van der Waals surface area contributed by atoms with Crippen LogP contribution in [0, 0.1) is 0 Å². The van der Waals surface area contributed by atoms with E-state index in [4.69, 9.17) is 9.84 Å². The number of methoxy groups -OCH3 is 1. The lowest BCUT2D eigenvalue weighted by molar-refractivity contribution is -0.148. The van der Waals surface area contributed by atoms with Crippen LogP contribution in [0.5, 0.6) is 5.75 Å². The van der Waals surface area contributed by atoms with E-state index < -0.39 is 12.0 Å². The molecule has 5 nitrogen and oxygen atoms in total. The van der Waals surface area contributed by atoms with Crippen molar-refractivity contribution in [2.75, 3.05) is 12.9 Å². The van der Waals surface area contributed by atoms with Crippen molar-refractivity contribution in [1.82, 2.24) is 4.90 Å². The molecule has 20 heavy (non-hydrogen) atoms. The second kappa shape index (κ2) is 6.17. The summed E-state index contributed by atoms with van der Waals surface area (Å²) in [6, 6.07) is 6.50. The van der Waals surface area contributed by atoms with Gasteiger partial charge in [-0.05, 0) is 24.6 Å². The summed E-state index contributed by atoms with van der Waals surface area (Å²) in [7, 11) is 1.58. The van der Waals surface area contributed by atoms with E-state index >= 15 is 0 Å². The number of ether oxygens (including phenoxy) is 1. The summed E-state index contributed by atoms with van der Waals surface area (Å²) in [5.41, 5.74) is 0.851. The smallest absolute Gasteiger partial charge is 0.327 e. The van der Waals surface area contributed by atoms with Crippen LogP contribution in [0.1, 0.15) is 12.5 Å². The number of thioether (sulfide) groups is 1. The molecular formula is C14H17NO4S. The van der Waals surface area contributed by atoms with Crippen molar-refractivity contribution in [2.24, 2.45) is 0 Å². The second-order valence-electron chi connectivity index (χ2n) is 4.61. The molecule has 1 heterocycles. The van der Waals surface area contributed by atoms with Gasteiger partial charge in [0.25, 0.3) is 0 Å².